The van der Waals surface area contributed by atoms with E-state index in [0.717, 1.165) is 17.1 Å². The van der Waals surface area contributed by atoms with Gasteiger partial charge in [0, 0.05) is 30.8 Å². The van der Waals surface area contributed by atoms with Crippen molar-refractivity contribution in [3.8, 4) is 5.75 Å². The van der Waals surface area contributed by atoms with E-state index in [1.165, 1.54) is 0 Å². The molecule has 0 bridgehead atoms. The minimum Gasteiger partial charge on any atom is -0.495 e. The third-order valence-electron chi connectivity index (χ3n) is 4.80. The zero-order chi connectivity index (χ0) is 19.0. The zero-order valence-corrected chi connectivity index (χ0v) is 16.5. The summed E-state index contributed by atoms with van der Waals surface area (Å²) >= 11 is 12.1. The molecule has 27 heavy (non-hydrogen) atoms. The van der Waals surface area contributed by atoms with E-state index >= 15 is 0 Å². The molecule has 1 aliphatic heterocycles. The molecule has 1 aliphatic rings. The highest BCUT2D eigenvalue weighted by Crippen LogP contribution is 2.42. The number of hydrogen-bond acceptors (Lipinski definition) is 3. The van der Waals surface area contributed by atoms with E-state index in [1.54, 1.807) is 13.3 Å². The lowest BCUT2D eigenvalue weighted by Crippen LogP contribution is -2.30. The maximum atomic E-state index is 6.38. The van der Waals surface area contributed by atoms with Gasteiger partial charge in [0.05, 0.1) is 23.9 Å². The third kappa shape index (κ3) is 3.15. The van der Waals surface area contributed by atoms with E-state index in [0.29, 0.717) is 15.9 Å². The van der Waals surface area contributed by atoms with E-state index in [1.807, 2.05) is 55.7 Å². The Morgan fingerprint density at radius 2 is 2.04 bits per heavy atom. The molecule has 3 heterocycles. The van der Waals surface area contributed by atoms with Crippen molar-refractivity contribution in [2.75, 3.05) is 12.0 Å². The first kappa shape index (κ1) is 17.8. The van der Waals surface area contributed by atoms with E-state index < -0.39 is 0 Å². The molecule has 138 valence electrons. The molecule has 0 saturated carbocycles. The van der Waals surface area contributed by atoms with Crippen LogP contribution in [0.4, 0.5) is 5.69 Å². The smallest absolute Gasteiger partial charge is 0.174 e. The maximum Gasteiger partial charge on any atom is 0.174 e. The molecule has 4 rings (SSSR count). The van der Waals surface area contributed by atoms with Crippen LogP contribution in [0.15, 0.2) is 60.9 Å². The van der Waals surface area contributed by atoms with E-state index in [9.17, 15) is 0 Å². The number of ether oxygens (including phenoxy) is 1. The summed E-state index contributed by atoms with van der Waals surface area (Å²) in [6.07, 6.45) is 3.83. The molecule has 2 aromatic heterocycles. The molecule has 0 amide bonds. The van der Waals surface area contributed by atoms with Crippen molar-refractivity contribution in [2.45, 2.75) is 12.1 Å². The van der Waals surface area contributed by atoms with Gasteiger partial charge in [-0.05, 0) is 54.7 Å². The van der Waals surface area contributed by atoms with Gasteiger partial charge in [0.1, 0.15) is 11.8 Å². The summed E-state index contributed by atoms with van der Waals surface area (Å²) in [5.41, 5.74) is 2.97. The van der Waals surface area contributed by atoms with Crippen LogP contribution in [0.1, 0.15) is 23.5 Å². The van der Waals surface area contributed by atoms with E-state index in [-0.39, 0.29) is 12.1 Å². The Bertz CT molecular complexity index is 975. The van der Waals surface area contributed by atoms with Crippen molar-refractivity contribution in [2.24, 2.45) is 7.05 Å². The predicted molar refractivity (Wildman–Crippen MR) is 111 cm³/mol. The Kier molecular flexibility index (Phi) is 4.76. The lowest BCUT2D eigenvalue weighted by atomic mass is 10.0. The van der Waals surface area contributed by atoms with Gasteiger partial charge < -0.3 is 19.5 Å². The highest BCUT2D eigenvalue weighted by molar-refractivity contribution is 7.80. The highest BCUT2D eigenvalue weighted by atomic mass is 35.5. The molecule has 0 spiro atoms. The number of thiocarbonyl (C=S) groups is 1. The number of anilines is 1. The minimum atomic E-state index is -0.0758. The Hall–Kier alpha value is -2.57. The number of rotatable bonds is 4. The maximum absolute atomic E-state index is 6.38. The quantitative estimate of drug-likeness (QED) is 0.665. The van der Waals surface area contributed by atoms with Gasteiger partial charge in [-0.3, -0.25) is 4.98 Å². The lowest BCUT2D eigenvalue weighted by molar-refractivity contribution is 0.415. The molecule has 0 aliphatic carbocycles. The van der Waals surface area contributed by atoms with Crippen LogP contribution < -0.4 is 15.0 Å². The number of nitrogens with zero attached hydrogens (tertiary/aromatic N) is 3. The second-order valence-corrected chi connectivity index (χ2v) is 7.15. The fourth-order valence-corrected chi connectivity index (χ4v) is 4.12. The number of nitrogens with one attached hydrogen (secondary N) is 1. The van der Waals surface area contributed by atoms with Gasteiger partial charge in [-0.25, -0.2) is 0 Å². The minimum absolute atomic E-state index is 0.0585. The third-order valence-corrected chi connectivity index (χ3v) is 5.41. The van der Waals surface area contributed by atoms with Crippen molar-refractivity contribution in [3.05, 3.63) is 77.3 Å². The topological polar surface area (TPSA) is 42.3 Å². The van der Waals surface area contributed by atoms with Crippen molar-refractivity contribution in [1.82, 2.24) is 14.9 Å². The molecular formula is C20H19ClN4OS. The van der Waals surface area contributed by atoms with E-state index in [4.69, 9.17) is 28.6 Å². The molecule has 2 unspecified atom stereocenters. The molecule has 1 N–H and O–H groups in total. The summed E-state index contributed by atoms with van der Waals surface area (Å²) in [4.78, 5) is 6.65. The van der Waals surface area contributed by atoms with Gasteiger partial charge in [-0.15, -0.1) is 0 Å². The number of aryl methyl sites for hydroxylation is 1. The summed E-state index contributed by atoms with van der Waals surface area (Å²) < 4.78 is 7.39. The second kappa shape index (κ2) is 7.21. The molecule has 7 heteroatoms. The largest absolute Gasteiger partial charge is 0.495 e. The first-order chi connectivity index (χ1) is 13.1. The normalized spacial score (nSPS) is 19.2. The Morgan fingerprint density at radius 1 is 1.19 bits per heavy atom. The number of hydrogen-bond donors (Lipinski definition) is 1. The number of benzene rings is 1. The van der Waals surface area contributed by atoms with Gasteiger partial charge in [0.2, 0.25) is 0 Å². The van der Waals surface area contributed by atoms with Crippen molar-refractivity contribution >= 4 is 34.6 Å². The molecule has 1 fully saturated rings. The Morgan fingerprint density at radius 3 is 2.67 bits per heavy atom. The molecule has 2 atom stereocenters. The van der Waals surface area contributed by atoms with Crippen molar-refractivity contribution in [3.63, 3.8) is 0 Å². The molecule has 1 aromatic carbocycles. The van der Waals surface area contributed by atoms with Crippen molar-refractivity contribution < 1.29 is 4.74 Å². The monoisotopic (exact) mass is 398 g/mol. The summed E-state index contributed by atoms with van der Waals surface area (Å²) in [7, 11) is 3.64. The number of aromatic nitrogens is 2. The fraction of sp³-hybridized carbons (Fsp3) is 0.200. The highest BCUT2D eigenvalue weighted by Gasteiger charge is 2.41. The Labute approximate surface area is 168 Å². The van der Waals surface area contributed by atoms with Crippen LogP contribution in [-0.4, -0.2) is 21.8 Å². The number of methoxy groups -OCH3 is 1. The van der Waals surface area contributed by atoms with Crippen LogP contribution in [0.25, 0.3) is 0 Å². The van der Waals surface area contributed by atoms with Crippen molar-refractivity contribution in [1.29, 1.82) is 0 Å². The predicted octanol–water partition coefficient (Wildman–Crippen LogP) is 4.26. The summed E-state index contributed by atoms with van der Waals surface area (Å²) in [5, 5.41) is 4.62. The van der Waals surface area contributed by atoms with Crippen LogP contribution in [0.5, 0.6) is 5.75 Å². The van der Waals surface area contributed by atoms with Crippen LogP contribution >= 0.6 is 23.8 Å². The van der Waals surface area contributed by atoms with Gasteiger partial charge >= 0.3 is 0 Å². The van der Waals surface area contributed by atoms with Crippen LogP contribution in [-0.2, 0) is 7.05 Å². The summed E-state index contributed by atoms with van der Waals surface area (Å²) in [6.45, 7) is 0. The summed E-state index contributed by atoms with van der Waals surface area (Å²) in [6, 6.07) is 15.6. The first-order valence-electron chi connectivity index (χ1n) is 8.55. The standard InChI is InChI=1S/C20H19ClN4OS/c1-24-11-5-7-16(24)19-18(15-6-3-4-10-22-15)23-20(27)25(19)13-8-9-17(26-2)14(21)12-13/h3-12,18-19H,1-2H3,(H,23,27). The van der Waals surface area contributed by atoms with Crippen LogP contribution in [0, 0.1) is 0 Å². The van der Waals surface area contributed by atoms with Crippen LogP contribution in [0.3, 0.4) is 0 Å². The second-order valence-electron chi connectivity index (χ2n) is 6.36. The molecule has 3 aromatic rings. The zero-order valence-electron chi connectivity index (χ0n) is 15.0. The fourth-order valence-electron chi connectivity index (χ4n) is 3.52. The lowest BCUT2D eigenvalue weighted by Gasteiger charge is -2.28. The molecular weight excluding hydrogens is 380 g/mol. The average Bonchev–Trinajstić information content (AvgIpc) is 3.25. The Balaban J connectivity index is 1.83. The van der Waals surface area contributed by atoms with Crippen LogP contribution in [0.2, 0.25) is 5.02 Å². The molecule has 5 nitrogen and oxygen atoms in total. The van der Waals surface area contributed by atoms with Gasteiger partial charge in [0.15, 0.2) is 5.11 Å². The van der Waals surface area contributed by atoms with Gasteiger partial charge in [0.25, 0.3) is 0 Å². The molecule has 0 radical (unpaired) electrons. The van der Waals surface area contributed by atoms with Gasteiger partial charge in [-0.2, -0.15) is 0 Å². The summed E-state index contributed by atoms with van der Waals surface area (Å²) in [5.74, 6) is 0.634. The first-order valence-corrected chi connectivity index (χ1v) is 9.34. The molecule has 1 saturated heterocycles. The van der Waals surface area contributed by atoms with Gasteiger partial charge in [-0.1, -0.05) is 17.7 Å². The number of pyridine rings is 1. The van der Waals surface area contributed by atoms with E-state index in [2.05, 4.69) is 25.8 Å². The SMILES string of the molecule is COc1ccc(N2C(=S)NC(c3ccccn3)C2c2cccn2C)cc1Cl. The number of halogens is 1. The average molecular weight is 399 g/mol.